The molecule has 0 radical (unpaired) electrons. The van der Waals surface area contributed by atoms with E-state index >= 15 is 0 Å². The van der Waals surface area contributed by atoms with Crippen LogP contribution in [0.5, 0.6) is 0 Å². The van der Waals surface area contributed by atoms with Gasteiger partial charge in [0.2, 0.25) is 0 Å². The highest BCUT2D eigenvalue weighted by Gasteiger charge is 2.42. The third-order valence-corrected chi connectivity index (χ3v) is 3.99. The smallest absolute Gasteiger partial charge is 0.0499 e. The topological polar surface area (TPSA) is 58.3 Å². The molecule has 14 heavy (non-hydrogen) atoms. The summed E-state index contributed by atoms with van der Waals surface area (Å²) in [5, 5.41) is 12.8. The molecule has 2 aliphatic rings. The first-order chi connectivity index (χ1) is 6.79. The summed E-state index contributed by atoms with van der Waals surface area (Å²) < 4.78 is 0. The molecule has 0 heterocycles. The Kier molecular flexibility index (Phi) is 3.10. The van der Waals surface area contributed by atoms with Crippen molar-refractivity contribution >= 4 is 0 Å². The van der Waals surface area contributed by atoms with E-state index in [0.29, 0.717) is 18.6 Å². The van der Waals surface area contributed by atoms with Crippen molar-refractivity contribution in [2.75, 3.05) is 19.7 Å². The molecule has 4 N–H and O–H groups in total. The van der Waals surface area contributed by atoms with Gasteiger partial charge in [0.05, 0.1) is 0 Å². The zero-order valence-corrected chi connectivity index (χ0v) is 8.84. The Bertz CT molecular complexity index is 192. The third kappa shape index (κ3) is 2.10. The molecule has 0 aromatic heterocycles. The predicted octanol–water partition coefficient (Wildman–Crippen LogP) is 0.476. The van der Waals surface area contributed by atoms with Crippen molar-refractivity contribution in [3.8, 4) is 0 Å². The summed E-state index contributed by atoms with van der Waals surface area (Å²) in [6, 6.07) is 0.615. The monoisotopic (exact) mass is 198 g/mol. The van der Waals surface area contributed by atoms with Crippen molar-refractivity contribution in [2.45, 2.75) is 38.1 Å². The molecule has 2 saturated carbocycles. The van der Waals surface area contributed by atoms with Gasteiger partial charge in [0, 0.05) is 24.6 Å². The maximum Gasteiger partial charge on any atom is 0.0499 e. The Morgan fingerprint density at radius 2 is 2.14 bits per heavy atom. The summed E-state index contributed by atoms with van der Waals surface area (Å²) in [4.78, 5) is 0. The van der Waals surface area contributed by atoms with E-state index in [0.717, 1.165) is 13.1 Å². The van der Waals surface area contributed by atoms with Crippen LogP contribution < -0.4 is 11.1 Å². The number of aliphatic hydroxyl groups is 1. The molecular formula is C11H22N2O. The van der Waals surface area contributed by atoms with E-state index in [2.05, 4.69) is 5.32 Å². The molecule has 0 aliphatic heterocycles. The molecule has 3 heteroatoms. The molecule has 0 aromatic carbocycles. The maximum absolute atomic E-state index is 9.19. The molecular weight excluding hydrogens is 176 g/mol. The number of nitrogens with one attached hydrogen (secondary N) is 1. The number of hydrogen-bond acceptors (Lipinski definition) is 3. The van der Waals surface area contributed by atoms with Gasteiger partial charge >= 0.3 is 0 Å². The van der Waals surface area contributed by atoms with E-state index in [-0.39, 0.29) is 5.41 Å². The molecule has 0 aromatic rings. The summed E-state index contributed by atoms with van der Waals surface area (Å²) in [6.45, 7) is 2.15. The van der Waals surface area contributed by atoms with Gasteiger partial charge in [-0.3, -0.25) is 0 Å². The first-order valence-electron chi connectivity index (χ1n) is 5.84. The second-order valence-electron chi connectivity index (χ2n) is 5.07. The van der Waals surface area contributed by atoms with E-state index in [1.54, 1.807) is 0 Å². The second-order valence-corrected chi connectivity index (χ2v) is 5.07. The molecule has 0 amide bonds. The van der Waals surface area contributed by atoms with Crippen molar-refractivity contribution in [1.82, 2.24) is 5.32 Å². The quantitative estimate of drug-likeness (QED) is 0.602. The largest absolute Gasteiger partial charge is 0.396 e. The van der Waals surface area contributed by atoms with Crippen LogP contribution in [-0.4, -0.2) is 30.8 Å². The maximum atomic E-state index is 9.19. The van der Waals surface area contributed by atoms with E-state index in [1.165, 1.54) is 32.1 Å². The number of hydrogen-bond donors (Lipinski definition) is 3. The molecule has 2 fully saturated rings. The number of nitrogens with two attached hydrogens (primary N) is 1. The standard InChI is InChI=1S/C11H22N2O/c12-6-9-2-1-3-10(9)13-7-11(8-14)4-5-11/h9-10,13-14H,1-8,12H2. The Morgan fingerprint density at radius 1 is 1.36 bits per heavy atom. The first-order valence-corrected chi connectivity index (χ1v) is 5.84. The van der Waals surface area contributed by atoms with Crippen molar-refractivity contribution in [1.29, 1.82) is 0 Å². The van der Waals surface area contributed by atoms with Crippen molar-refractivity contribution in [3.05, 3.63) is 0 Å². The SMILES string of the molecule is NCC1CCCC1NCC1(CO)CC1. The van der Waals surface area contributed by atoms with Crippen LogP contribution in [0.25, 0.3) is 0 Å². The van der Waals surface area contributed by atoms with Gasteiger partial charge in [-0.05, 0) is 38.1 Å². The lowest BCUT2D eigenvalue weighted by Crippen LogP contribution is -2.39. The lowest BCUT2D eigenvalue weighted by molar-refractivity contribution is 0.200. The Balaban J connectivity index is 1.74. The van der Waals surface area contributed by atoms with Crippen molar-refractivity contribution in [2.24, 2.45) is 17.1 Å². The van der Waals surface area contributed by atoms with Gasteiger partial charge in [-0.2, -0.15) is 0 Å². The van der Waals surface area contributed by atoms with E-state index in [9.17, 15) is 5.11 Å². The van der Waals surface area contributed by atoms with E-state index < -0.39 is 0 Å². The average molecular weight is 198 g/mol. The Labute approximate surface area is 86.1 Å². The van der Waals surface area contributed by atoms with Crippen LogP contribution in [0.3, 0.4) is 0 Å². The summed E-state index contributed by atoms with van der Waals surface area (Å²) >= 11 is 0. The average Bonchev–Trinajstić information content (AvgIpc) is 2.86. The molecule has 2 aliphatic carbocycles. The molecule has 0 saturated heterocycles. The fourth-order valence-electron chi connectivity index (χ4n) is 2.50. The fourth-order valence-corrected chi connectivity index (χ4v) is 2.50. The first kappa shape index (κ1) is 10.4. The van der Waals surface area contributed by atoms with Gasteiger partial charge in [-0.1, -0.05) is 6.42 Å². The van der Waals surface area contributed by atoms with Gasteiger partial charge in [0.25, 0.3) is 0 Å². The van der Waals surface area contributed by atoms with E-state index in [4.69, 9.17) is 5.73 Å². The van der Waals surface area contributed by atoms with Crippen LogP contribution in [-0.2, 0) is 0 Å². The van der Waals surface area contributed by atoms with Crippen LogP contribution in [0.4, 0.5) is 0 Å². The summed E-state index contributed by atoms with van der Waals surface area (Å²) in [5.41, 5.74) is 5.96. The molecule has 3 nitrogen and oxygen atoms in total. The van der Waals surface area contributed by atoms with Crippen LogP contribution in [0.15, 0.2) is 0 Å². The van der Waals surface area contributed by atoms with Gasteiger partial charge in [0.1, 0.15) is 0 Å². The lowest BCUT2D eigenvalue weighted by atomic mass is 10.0. The zero-order chi connectivity index (χ0) is 10.0. The normalized spacial score (nSPS) is 34.7. The molecule has 0 bridgehead atoms. The summed E-state index contributed by atoms with van der Waals surface area (Å²) in [7, 11) is 0. The van der Waals surface area contributed by atoms with Gasteiger partial charge in [0.15, 0.2) is 0 Å². The number of rotatable bonds is 5. The minimum Gasteiger partial charge on any atom is -0.396 e. The molecule has 2 atom stereocenters. The van der Waals surface area contributed by atoms with Crippen LogP contribution in [0.1, 0.15) is 32.1 Å². The van der Waals surface area contributed by atoms with Gasteiger partial charge in [-0.25, -0.2) is 0 Å². The summed E-state index contributed by atoms with van der Waals surface area (Å²) in [6.07, 6.45) is 6.24. The predicted molar refractivity (Wildman–Crippen MR) is 56.9 cm³/mol. The van der Waals surface area contributed by atoms with Crippen molar-refractivity contribution < 1.29 is 5.11 Å². The fraction of sp³-hybridized carbons (Fsp3) is 1.00. The number of aliphatic hydroxyl groups excluding tert-OH is 1. The minimum atomic E-state index is 0.238. The summed E-state index contributed by atoms with van der Waals surface area (Å²) in [5.74, 6) is 0.671. The molecule has 2 unspecified atom stereocenters. The van der Waals surface area contributed by atoms with Crippen LogP contribution >= 0.6 is 0 Å². The van der Waals surface area contributed by atoms with E-state index in [1.807, 2.05) is 0 Å². The lowest BCUT2D eigenvalue weighted by Gasteiger charge is -2.22. The van der Waals surface area contributed by atoms with Crippen molar-refractivity contribution in [3.63, 3.8) is 0 Å². The Hall–Kier alpha value is -0.120. The third-order valence-electron chi connectivity index (χ3n) is 3.99. The Morgan fingerprint density at radius 3 is 2.71 bits per heavy atom. The highest BCUT2D eigenvalue weighted by Crippen LogP contribution is 2.44. The molecule has 0 spiro atoms. The van der Waals surface area contributed by atoms with Crippen LogP contribution in [0.2, 0.25) is 0 Å². The minimum absolute atomic E-state index is 0.238. The van der Waals surface area contributed by atoms with Gasteiger partial charge in [-0.15, -0.1) is 0 Å². The molecule has 82 valence electrons. The highest BCUT2D eigenvalue weighted by molar-refractivity contribution is 4.96. The zero-order valence-electron chi connectivity index (χ0n) is 8.84. The van der Waals surface area contributed by atoms with Gasteiger partial charge < -0.3 is 16.2 Å². The highest BCUT2D eigenvalue weighted by atomic mass is 16.3. The molecule has 2 rings (SSSR count). The second kappa shape index (κ2) is 4.17. The van der Waals surface area contributed by atoms with Crippen LogP contribution in [0, 0.1) is 11.3 Å².